The second kappa shape index (κ2) is 6.74. The molecule has 1 atom stereocenters. The van der Waals surface area contributed by atoms with Crippen LogP contribution in [0, 0.1) is 0 Å². The molecule has 0 aliphatic carbocycles. The van der Waals surface area contributed by atoms with Crippen molar-refractivity contribution in [3.63, 3.8) is 0 Å². The second-order valence-electron chi connectivity index (χ2n) is 7.36. The maximum Gasteiger partial charge on any atom is 0.240 e. The van der Waals surface area contributed by atoms with E-state index in [0.29, 0.717) is 13.0 Å². The van der Waals surface area contributed by atoms with Crippen LogP contribution in [0.1, 0.15) is 31.9 Å². The zero-order chi connectivity index (χ0) is 18.2. The van der Waals surface area contributed by atoms with E-state index >= 15 is 0 Å². The molecule has 1 N–H and O–H groups in total. The van der Waals surface area contributed by atoms with Gasteiger partial charge < -0.3 is 4.74 Å². The molecule has 0 aromatic heterocycles. The van der Waals surface area contributed by atoms with Crippen molar-refractivity contribution in [2.75, 3.05) is 6.61 Å². The van der Waals surface area contributed by atoms with E-state index < -0.39 is 10.0 Å². The standard InChI is InChI=1S/C19H22BrNO3S/c1-19(2,3)14-4-7-17(8-5-14)25(22,23)21-16-11-13-10-15(20)6-9-18(13)24-12-16/h4-10,16,21H,11-12H2,1-3H3/t16-/m0/s1. The SMILES string of the molecule is CC(C)(C)c1ccc(S(=O)(=O)N[C@@H]2COc3ccc(Br)cc3C2)cc1. The number of nitrogens with one attached hydrogen (secondary N) is 1. The zero-order valence-corrected chi connectivity index (χ0v) is 16.9. The summed E-state index contributed by atoms with van der Waals surface area (Å²) < 4.78 is 34.7. The molecule has 0 saturated carbocycles. The molecule has 0 bridgehead atoms. The van der Waals surface area contributed by atoms with Gasteiger partial charge in [-0.25, -0.2) is 13.1 Å². The number of hydrogen-bond donors (Lipinski definition) is 1. The Morgan fingerprint density at radius 3 is 2.44 bits per heavy atom. The molecule has 134 valence electrons. The van der Waals surface area contributed by atoms with E-state index in [4.69, 9.17) is 4.74 Å². The Bertz CT molecular complexity index is 871. The van der Waals surface area contributed by atoms with Gasteiger partial charge in [-0.05, 0) is 53.3 Å². The summed E-state index contributed by atoms with van der Waals surface area (Å²) in [6, 6.07) is 12.6. The van der Waals surface area contributed by atoms with Crippen molar-refractivity contribution in [2.45, 2.75) is 43.5 Å². The number of benzene rings is 2. The molecule has 0 fully saturated rings. The van der Waals surface area contributed by atoms with Crippen molar-refractivity contribution < 1.29 is 13.2 Å². The topological polar surface area (TPSA) is 55.4 Å². The van der Waals surface area contributed by atoms with Crippen LogP contribution >= 0.6 is 15.9 Å². The number of halogens is 1. The van der Waals surface area contributed by atoms with Gasteiger partial charge in [0, 0.05) is 4.47 Å². The minimum absolute atomic E-state index is 0.00989. The van der Waals surface area contributed by atoms with Gasteiger partial charge >= 0.3 is 0 Å². The monoisotopic (exact) mass is 423 g/mol. The lowest BCUT2D eigenvalue weighted by Crippen LogP contribution is -2.42. The van der Waals surface area contributed by atoms with Crippen molar-refractivity contribution >= 4 is 26.0 Å². The predicted octanol–water partition coefficient (Wildman–Crippen LogP) is 4.03. The summed E-state index contributed by atoms with van der Waals surface area (Å²) in [5.74, 6) is 0.813. The van der Waals surface area contributed by atoms with Gasteiger partial charge in [0.1, 0.15) is 12.4 Å². The fraction of sp³-hybridized carbons (Fsp3) is 0.368. The molecule has 4 nitrogen and oxygen atoms in total. The second-order valence-corrected chi connectivity index (χ2v) is 9.99. The maximum atomic E-state index is 12.7. The van der Waals surface area contributed by atoms with E-state index in [1.54, 1.807) is 12.1 Å². The lowest BCUT2D eigenvalue weighted by Gasteiger charge is -2.26. The molecule has 0 unspecified atom stereocenters. The van der Waals surface area contributed by atoms with Crippen molar-refractivity contribution in [3.05, 3.63) is 58.1 Å². The van der Waals surface area contributed by atoms with Gasteiger partial charge in [-0.2, -0.15) is 0 Å². The summed E-state index contributed by atoms with van der Waals surface area (Å²) in [6.07, 6.45) is 0.605. The van der Waals surface area contributed by atoms with E-state index in [1.807, 2.05) is 30.3 Å². The van der Waals surface area contributed by atoms with Gasteiger partial charge in [-0.15, -0.1) is 0 Å². The first kappa shape index (κ1) is 18.4. The molecular formula is C19H22BrNO3S. The van der Waals surface area contributed by atoms with E-state index in [9.17, 15) is 8.42 Å². The molecule has 2 aromatic rings. The fourth-order valence-electron chi connectivity index (χ4n) is 2.86. The molecule has 0 radical (unpaired) electrons. The molecule has 0 saturated heterocycles. The normalized spacial score (nSPS) is 17.7. The van der Waals surface area contributed by atoms with Crippen LogP contribution in [-0.2, 0) is 21.9 Å². The lowest BCUT2D eigenvalue weighted by molar-refractivity contribution is 0.254. The minimum Gasteiger partial charge on any atom is -0.492 e. The van der Waals surface area contributed by atoms with Crippen LogP contribution in [-0.4, -0.2) is 21.1 Å². The highest BCUT2D eigenvalue weighted by atomic mass is 79.9. The van der Waals surface area contributed by atoms with Crippen molar-refractivity contribution in [1.82, 2.24) is 4.72 Å². The van der Waals surface area contributed by atoms with Crippen molar-refractivity contribution in [2.24, 2.45) is 0 Å². The Labute approximate surface area is 157 Å². The van der Waals surface area contributed by atoms with Crippen LogP contribution in [0.2, 0.25) is 0 Å². The van der Waals surface area contributed by atoms with Gasteiger partial charge in [-0.3, -0.25) is 0 Å². The first-order valence-corrected chi connectivity index (χ1v) is 10.5. The molecule has 6 heteroatoms. The summed E-state index contributed by atoms with van der Waals surface area (Å²) >= 11 is 3.44. The third kappa shape index (κ3) is 4.25. The molecule has 0 spiro atoms. The van der Waals surface area contributed by atoms with Gasteiger partial charge in [0.25, 0.3) is 0 Å². The first-order chi connectivity index (χ1) is 11.6. The van der Waals surface area contributed by atoms with Gasteiger partial charge in [-0.1, -0.05) is 48.8 Å². The van der Waals surface area contributed by atoms with E-state index in [0.717, 1.165) is 21.3 Å². The van der Waals surface area contributed by atoms with Crippen LogP contribution in [0.4, 0.5) is 0 Å². The third-order valence-electron chi connectivity index (χ3n) is 4.28. The summed E-state index contributed by atoms with van der Waals surface area (Å²) in [5.41, 5.74) is 2.09. The Kier molecular flexibility index (Phi) is 4.97. The van der Waals surface area contributed by atoms with Crippen LogP contribution in [0.15, 0.2) is 51.8 Å². The average Bonchev–Trinajstić information content (AvgIpc) is 2.53. The first-order valence-electron chi connectivity index (χ1n) is 8.19. The molecule has 25 heavy (non-hydrogen) atoms. The number of sulfonamides is 1. The van der Waals surface area contributed by atoms with E-state index in [-0.39, 0.29) is 16.4 Å². The van der Waals surface area contributed by atoms with Crippen LogP contribution < -0.4 is 9.46 Å². The molecule has 1 heterocycles. The Hall–Kier alpha value is -1.37. The van der Waals surface area contributed by atoms with Crippen LogP contribution in [0.3, 0.4) is 0 Å². The average molecular weight is 424 g/mol. The highest BCUT2D eigenvalue weighted by Gasteiger charge is 2.26. The molecule has 0 amide bonds. The molecule has 1 aliphatic heterocycles. The van der Waals surface area contributed by atoms with Crippen molar-refractivity contribution in [3.8, 4) is 5.75 Å². The van der Waals surface area contributed by atoms with E-state index in [1.165, 1.54) is 0 Å². The summed E-state index contributed by atoms with van der Waals surface area (Å²) in [5, 5.41) is 0. The smallest absolute Gasteiger partial charge is 0.240 e. The number of ether oxygens (including phenoxy) is 1. The Morgan fingerprint density at radius 2 is 1.80 bits per heavy atom. The Balaban J connectivity index is 1.76. The minimum atomic E-state index is -3.58. The number of rotatable bonds is 3. The highest BCUT2D eigenvalue weighted by molar-refractivity contribution is 9.10. The van der Waals surface area contributed by atoms with Crippen molar-refractivity contribution in [1.29, 1.82) is 0 Å². The number of fused-ring (bicyclic) bond motifs is 1. The molecule has 2 aromatic carbocycles. The summed E-state index contributed by atoms with van der Waals surface area (Å²) in [6.45, 7) is 6.63. The number of hydrogen-bond acceptors (Lipinski definition) is 3. The zero-order valence-electron chi connectivity index (χ0n) is 14.5. The molecule has 1 aliphatic rings. The largest absolute Gasteiger partial charge is 0.492 e. The van der Waals surface area contributed by atoms with E-state index in [2.05, 4.69) is 41.4 Å². The fourth-order valence-corrected chi connectivity index (χ4v) is 4.49. The predicted molar refractivity (Wildman–Crippen MR) is 103 cm³/mol. The maximum absolute atomic E-state index is 12.7. The molecular weight excluding hydrogens is 402 g/mol. The third-order valence-corrected chi connectivity index (χ3v) is 6.31. The van der Waals surface area contributed by atoms with Crippen LogP contribution in [0.5, 0.6) is 5.75 Å². The highest BCUT2D eigenvalue weighted by Crippen LogP contribution is 2.28. The summed E-state index contributed by atoms with van der Waals surface area (Å²) in [7, 11) is -3.58. The lowest BCUT2D eigenvalue weighted by atomic mass is 9.87. The van der Waals surface area contributed by atoms with Crippen LogP contribution in [0.25, 0.3) is 0 Å². The molecule has 3 rings (SSSR count). The quantitative estimate of drug-likeness (QED) is 0.810. The van der Waals surface area contributed by atoms with Gasteiger partial charge in [0.15, 0.2) is 0 Å². The van der Waals surface area contributed by atoms with Gasteiger partial charge in [0.05, 0.1) is 10.9 Å². The summed E-state index contributed by atoms with van der Waals surface area (Å²) in [4.78, 5) is 0.278. The Morgan fingerprint density at radius 1 is 1.12 bits per heavy atom. The van der Waals surface area contributed by atoms with Gasteiger partial charge in [0.2, 0.25) is 10.0 Å².